The summed E-state index contributed by atoms with van der Waals surface area (Å²) in [5, 5.41) is 10.6. The monoisotopic (exact) mass is 483 g/mol. The molecule has 1 saturated heterocycles. The lowest BCUT2D eigenvalue weighted by Gasteiger charge is -2.61. The van der Waals surface area contributed by atoms with Crippen LogP contribution in [0, 0.1) is 11.3 Å². The molecule has 1 aliphatic heterocycles. The Labute approximate surface area is 201 Å². The Morgan fingerprint density at radius 3 is 2.71 bits per heavy atom. The zero-order valence-corrected chi connectivity index (χ0v) is 20.8. The minimum atomic E-state index is -3.66. The van der Waals surface area contributed by atoms with Crippen molar-refractivity contribution in [3.8, 4) is 5.75 Å². The van der Waals surface area contributed by atoms with Crippen LogP contribution in [0.3, 0.4) is 0 Å². The largest absolute Gasteiger partial charge is 0.508 e. The van der Waals surface area contributed by atoms with Crippen molar-refractivity contribution in [2.24, 2.45) is 11.3 Å². The van der Waals surface area contributed by atoms with Gasteiger partial charge < -0.3 is 10.0 Å². The molecule has 1 amide bonds. The molecule has 1 aromatic carbocycles. The van der Waals surface area contributed by atoms with E-state index in [4.69, 9.17) is 0 Å². The highest BCUT2D eigenvalue weighted by atomic mass is 32.2. The smallest absolute Gasteiger partial charge is 0.242 e. The molecule has 5 rings (SSSR count). The van der Waals surface area contributed by atoms with Crippen LogP contribution < -0.4 is 4.72 Å². The SMILES string of the molecule is CC1(C)[C@H]2Cc3c(O)cccc3[C@]1(C)CCN2C(=O)[C@@H]1CC[C@@H](NS(=O)(=O)c2cccnc2)C1. The minimum absolute atomic E-state index is 0.00863. The van der Waals surface area contributed by atoms with Crippen LogP contribution in [0.2, 0.25) is 0 Å². The number of sulfonamides is 1. The van der Waals surface area contributed by atoms with Crippen LogP contribution in [0.1, 0.15) is 57.6 Å². The number of nitrogens with one attached hydrogen (secondary N) is 1. The van der Waals surface area contributed by atoms with E-state index in [1.807, 2.05) is 11.0 Å². The van der Waals surface area contributed by atoms with Gasteiger partial charge in [0.1, 0.15) is 10.6 Å². The summed E-state index contributed by atoms with van der Waals surface area (Å²) in [7, 11) is -3.66. The number of benzene rings is 1. The lowest BCUT2D eigenvalue weighted by atomic mass is 9.51. The van der Waals surface area contributed by atoms with Crippen LogP contribution in [-0.2, 0) is 26.7 Å². The quantitative estimate of drug-likeness (QED) is 0.695. The summed E-state index contributed by atoms with van der Waals surface area (Å²) in [5.74, 6) is 0.221. The summed E-state index contributed by atoms with van der Waals surface area (Å²) in [5.41, 5.74) is 1.88. The van der Waals surface area contributed by atoms with Gasteiger partial charge in [-0.2, -0.15) is 0 Å². The maximum atomic E-state index is 13.7. The normalized spacial score (nSPS) is 30.1. The summed E-state index contributed by atoms with van der Waals surface area (Å²) in [6.07, 6.45) is 6.16. The molecule has 2 fully saturated rings. The van der Waals surface area contributed by atoms with Gasteiger partial charge in [-0.1, -0.05) is 32.9 Å². The second kappa shape index (κ2) is 8.05. The highest BCUT2D eigenvalue weighted by Crippen LogP contribution is 2.57. The number of rotatable bonds is 4. The molecular formula is C26H33N3O4S. The average Bonchev–Trinajstić information content (AvgIpc) is 3.25. The van der Waals surface area contributed by atoms with E-state index in [0.717, 1.165) is 12.0 Å². The zero-order valence-electron chi connectivity index (χ0n) is 20.0. The van der Waals surface area contributed by atoms with Gasteiger partial charge in [-0.25, -0.2) is 13.1 Å². The van der Waals surface area contributed by atoms with Gasteiger partial charge in [0.2, 0.25) is 15.9 Å². The second-order valence-electron chi connectivity index (χ2n) is 10.9. The van der Waals surface area contributed by atoms with Crippen molar-refractivity contribution in [3.63, 3.8) is 0 Å². The van der Waals surface area contributed by atoms with Crippen LogP contribution >= 0.6 is 0 Å². The van der Waals surface area contributed by atoms with Crippen molar-refractivity contribution >= 4 is 15.9 Å². The molecule has 0 unspecified atom stereocenters. The van der Waals surface area contributed by atoms with Gasteiger partial charge >= 0.3 is 0 Å². The first-order valence-corrected chi connectivity index (χ1v) is 13.6. The van der Waals surface area contributed by atoms with Crippen LogP contribution in [-0.4, -0.2) is 47.9 Å². The third kappa shape index (κ3) is 3.53. The number of aromatic nitrogens is 1. The van der Waals surface area contributed by atoms with Gasteiger partial charge in [-0.3, -0.25) is 9.78 Å². The van der Waals surface area contributed by atoms with Crippen molar-refractivity contribution < 1.29 is 18.3 Å². The van der Waals surface area contributed by atoms with Gasteiger partial charge in [-0.15, -0.1) is 0 Å². The highest BCUT2D eigenvalue weighted by Gasteiger charge is 2.57. The number of pyridine rings is 1. The molecule has 8 heteroatoms. The molecule has 34 heavy (non-hydrogen) atoms. The molecular weight excluding hydrogens is 450 g/mol. The number of carbonyl (C=O) groups excluding carboxylic acids is 1. The first-order valence-electron chi connectivity index (χ1n) is 12.1. The van der Waals surface area contributed by atoms with Crippen LogP contribution in [0.15, 0.2) is 47.6 Å². The van der Waals surface area contributed by atoms with Crippen molar-refractivity contribution in [2.75, 3.05) is 6.54 Å². The van der Waals surface area contributed by atoms with Crippen molar-refractivity contribution in [2.45, 2.75) is 75.3 Å². The van der Waals surface area contributed by atoms with Crippen molar-refractivity contribution in [1.29, 1.82) is 0 Å². The first-order chi connectivity index (χ1) is 16.0. The summed E-state index contributed by atoms with van der Waals surface area (Å²) in [4.78, 5) is 19.8. The van der Waals surface area contributed by atoms with Gasteiger partial charge in [0, 0.05) is 42.4 Å². The number of likely N-dealkylation sites (tertiary alicyclic amines) is 1. The predicted octanol–water partition coefficient (Wildman–Crippen LogP) is 3.38. The van der Waals surface area contributed by atoms with E-state index in [9.17, 15) is 18.3 Å². The Morgan fingerprint density at radius 2 is 1.97 bits per heavy atom. The Balaban J connectivity index is 1.34. The van der Waals surface area contributed by atoms with Crippen molar-refractivity contribution in [1.82, 2.24) is 14.6 Å². The Kier molecular flexibility index (Phi) is 5.52. The predicted molar refractivity (Wildman–Crippen MR) is 129 cm³/mol. The molecule has 182 valence electrons. The summed E-state index contributed by atoms with van der Waals surface area (Å²) in [6.45, 7) is 7.42. The standard InChI is InChI=1S/C26H33N3O4S/c1-25(2)23-15-20-21(7-4-8-22(20)30)26(25,3)11-13-29(23)24(31)17-9-10-18(14-17)28-34(32,33)19-6-5-12-27-16-19/h4-8,12,16-18,23,28,30H,9-11,13-15H2,1-3H3/t17-,18-,23-,26+/m1/s1. The van der Waals surface area contributed by atoms with Gasteiger partial charge in [0.25, 0.3) is 0 Å². The fraction of sp³-hybridized carbons (Fsp3) is 0.538. The average molecular weight is 484 g/mol. The van der Waals surface area contributed by atoms with E-state index < -0.39 is 10.0 Å². The number of phenols is 1. The zero-order chi connectivity index (χ0) is 24.3. The number of nitrogens with zero attached hydrogens (tertiary/aromatic N) is 2. The molecule has 0 radical (unpaired) electrons. The van der Waals surface area contributed by atoms with E-state index in [1.54, 1.807) is 12.1 Å². The third-order valence-electron chi connectivity index (χ3n) is 8.96. The molecule has 2 heterocycles. The molecule has 0 spiro atoms. The van der Waals surface area contributed by atoms with Gasteiger partial charge in [0.15, 0.2) is 0 Å². The molecule has 2 aliphatic carbocycles. The molecule has 1 aromatic heterocycles. The molecule has 4 atom stereocenters. The molecule has 2 N–H and O–H groups in total. The highest BCUT2D eigenvalue weighted by molar-refractivity contribution is 7.89. The number of hydrogen-bond donors (Lipinski definition) is 2. The number of phenolic OH excluding ortho intramolecular Hbond substituents is 1. The van der Waals surface area contributed by atoms with Crippen LogP contribution in [0.4, 0.5) is 0 Å². The molecule has 7 nitrogen and oxygen atoms in total. The molecule has 2 bridgehead atoms. The van der Waals surface area contributed by atoms with Crippen LogP contribution in [0.25, 0.3) is 0 Å². The fourth-order valence-corrected chi connectivity index (χ4v) is 7.78. The Morgan fingerprint density at radius 1 is 1.18 bits per heavy atom. The summed E-state index contributed by atoms with van der Waals surface area (Å²) < 4.78 is 28.2. The van der Waals surface area contributed by atoms with Crippen LogP contribution in [0.5, 0.6) is 5.75 Å². The lowest BCUT2D eigenvalue weighted by molar-refractivity contribution is -0.148. The topological polar surface area (TPSA) is 99.6 Å². The van der Waals surface area contributed by atoms with Crippen molar-refractivity contribution in [3.05, 3.63) is 53.9 Å². The van der Waals surface area contributed by atoms with Gasteiger partial charge in [0.05, 0.1) is 0 Å². The maximum absolute atomic E-state index is 13.7. The summed E-state index contributed by atoms with van der Waals surface area (Å²) >= 11 is 0. The number of fused-ring (bicyclic) bond motifs is 4. The summed E-state index contributed by atoms with van der Waals surface area (Å²) in [6, 6.07) is 8.62. The number of hydrogen-bond acceptors (Lipinski definition) is 5. The van der Waals surface area contributed by atoms with E-state index in [2.05, 4.69) is 36.5 Å². The Hall–Kier alpha value is -2.45. The van der Waals surface area contributed by atoms with E-state index in [0.29, 0.717) is 38.0 Å². The number of piperidine rings is 1. The Bertz CT molecular complexity index is 1210. The third-order valence-corrected chi connectivity index (χ3v) is 10.5. The molecule has 3 aliphatic rings. The number of aromatic hydroxyl groups is 1. The van der Waals surface area contributed by atoms with E-state index in [-0.39, 0.29) is 39.6 Å². The fourth-order valence-electron chi connectivity index (χ4n) is 6.53. The second-order valence-corrected chi connectivity index (χ2v) is 12.6. The van der Waals surface area contributed by atoms with E-state index >= 15 is 0 Å². The molecule has 1 saturated carbocycles. The lowest BCUT2D eigenvalue weighted by Crippen LogP contribution is -2.65. The number of carbonyl (C=O) groups is 1. The maximum Gasteiger partial charge on any atom is 0.242 e. The first kappa shape index (κ1) is 23.3. The number of amides is 1. The molecule has 2 aromatic rings. The van der Waals surface area contributed by atoms with Gasteiger partial charge in [-0.05, 0) is 66.8 Å². The minimum Gasteiger partial charge on any atom is -0.508 e. The van der Waals surface area contributed by atoms with E-state index in [1.165, 1.54) is 24.0 Å².